The third-order valence-electron chi connectivity index (χ3n) is 5.03. The van der Waals surface area contributed by atoms with E-state index in [9.17, 15) is 4.79 Å². The SMILES string of the molecule is CCc1ccc(N[C@@H]2NC(=O)/C(=C/c3cc(Br)ccc3OCc3ccc(Cl)c(Cl)c3)S2)cc1. The Hall–Kier alpha value is -2.12. The number of carbonyl (C=O) groups is 1. The van der Waals surface area contributed by atoms with Crippen molar-refractivity contribution < 1.29 is 9.53 Å². The Morgan fingerprint density at radius 2 is 1.82 bits per heavy atom. The molecule has 8 heteroatoms. The van der Waals surface area contributed by atoms with Gasteiger partial charge in [-0.15, -0.1) is 0 Å². The Labute approximate surface area is 215 Å². The zero-order valence-electron chi connectivity index (χ0n) is 17.7. The molecule has 0 bridgehead atoms. The van der Waals surface area contributed by atoms with Gasteiger partial charge >= 0.3 is 0 Å². The van der Waals surface area contributed by atoms with Crippen LogP contribution >= 0.6 is 50.9 Å². The molecule has 1 saturated heterocycles. The number of ether oxygens (including phenoxy) is 1. The third kappa shape index (κ3) is 6.27. The summed E-state index contributed by atoms with van der Waals surface area (Å²) in [5.74, 6) is 0.537. The second-order valence-electron chi connectivity index (χ2n) is 7.39. The van der Waals surface area contributed by atoms with Crippen LogP contribution in [0.5, 0.6) is 5.75 Å². The number of hydrogen-bond donors (Lipinski definition) is 2. The van der Waals surface area contributed by atoms with Gasteiger partial charge in [0.25, 0.3) is 5.91 Å². The Balaban J connectivity index is 1.48. The zero-order valence-corrected chi connectivity index (χ0v) is 21.6. The standard InChI is InChI=1S/C25H21BrCl2N2O2S/c1-2-15-3-7-19(8-4-15)29-25-30-24(31)23(33-25)13-17-12-18(26)6-10-22(17)32-14-16-5-9-20(27)21(28)11-16/h3-13,25,29H,2,14H2,1H3,(H,30,31)/b23-13-/t25-/m1/s1. The molecule has 0 spiro atoms. The first-order valence-electron chi connectivity index (χ1n) is 10.3. The number of rotatable bonds is 7. The van der Waals surface area contributed by atoms with Gasteiger partial charge < -0.3 is 15.4 Å². The number of thioether (sulfide) groups is 1. The number of aryl methyl sites for hydroxylation is 1. The lowest BCUT2D eigenvalue weighted by atomic mass is 10.1. The largest absolute Gasteiger partial charge is 0.488 e. The summed E-state index contributed by atoms with van der Waals surface area (Å²) >= 11 is 17.0. The fourth-order valence-corrected chi connectivity index (χ4v) is 4.92. The molecular formula is C25H21BrCl2N2O2S. The number of anilines is 1. The van der Waals surface area contributed by atoms with Gasteiger partial charge in [0.1, 0.15) is 12.4 Å². The van der Waals surface area contributed by atoms with Crippen molar-refractivity contribution in [2.45, 2.75) is 25.4 Å². The first-order chi connectivity index (χ1) is 15.9. The number of halogens is 3. The Kier molecular flexibility index (Phi) is 7.91. The van der Waals surface area contributed by atoms with Crippen LogP contribution in [0.2, 0.25) is 10.0 Å². The zero-order chi connectivity index (χ0) is 23.4. The Bertz CT molecular complexity index is 1200. The molecule has 3 aromatic carbocycles. The number of nitrogens with one attached hydrogen (secondary N) is 2. The molecule has 1 aliphatic heterocycles. The van der Waals surface area contributed by atoms with Crippen LogP contribution in [0.1, 0.15) is 23.6 Å². The number of amides is 1. The van der Waals surface area contributed by atoms with E-state index in [1.165, 1.54) is 17.3 Å². The summed E-state index contributed by atoms with van der Waals surface area (Å²) in [7, 11) is 0. The molecule has 0 unspecified atom stereocenters. The van der Waals surface area contributed by atoms with E-state index in [-0.39, 0.29) is 11.4 Å². The summed E-state index contributed by atoms with van der Waals surface area (Å²) in [6.45, 7) is 2.45. The van der Waals surface area contributed by atoms with Crippen molar-refractivity contribution in [3.8, 4) is 5.75 Å². The molecule has 4 nitrogen and oxygen atoms in total. The highest BCUT2D eigenvalue weighted by atomic mass is 79.9. The highest BCUT2D eigenvalue weighted by molar-refractivity contribution is 9.10. The first kappa shape index (κ1) is 24.0. The van der Waals surface area contributed by atoms with E-state index in [1.807, 2.05) is 42.5 Å². The maximum absolute atomic E-state index is 12.6. The minimum Gasteiger partial charge on any atom is -0.488 e. The summed E-state index contributed by atoms with van der Waals surface area (Å²) in [6, 6.07) is 19.3. The molecule has 0 aromatic heterocycles. The van der Waals surface area contributed by atoms with Crippen LogP contribution in [0.15, 0.2) is 70.0 Å². The van der Waals surface area contributed by atoms with E-state index >= 15 is 0 Å². The Morgan fingerprint density at radius 1 is 1.06 bits per heavy atom. The van der Waals surface area contributed by atoms with Crippen LogP contribution < -0.4 is 15.4 Å². The lowest BCUT2D eigenvalue weighted by molar-refractivity contribution is -0.116. The maximum Gasteiger partial charge on any atom is 0.260 e. The van der Waals surface area contributed by atoms with Crippen LogP contribution in [-0.2, 0) is 17.8 Å². The van der Waals surface area contributed by atoms with Crippen molar-refractivity contribution in [1.29, 1.82) is 0 Å². The van der Waals surface area contributed by atoms with Gasteiger partial charge in [0, 0.05) is 15.7 Å². The van der Waals surface area contributed by atoms with E-state index in [1.54, 1.807) is 12.1 Å². The van der Waals surface area contributed by atoms with Gasteiger partial charge in [0.05, 0.1) is 15.0 Å². The second-order valence-corrected chi connectivity index (χ2v) is 10.3. The summed E-state index contributed by atoms with van der Waals surface area (Å²) < 4.78 is 6.93. The summed E-state index contributed by atoms with van der Waals surface area (Å²) in [6.07, 6.45) is 2.83. The van der Waals surface area contributed by atoms with Crippen LogP contribution in [-0.4, -0.2) is 11.4 Å². The van der Waals surface area contributed by atoms with E-state index in [0.29, 0.717) is 27.3 Å². The van der Waals surface area contributed by atoms with Gasteiger partial charge in [-0.1, -0.05) is 76.0 Å². The minimum absolute atomic E-state index is 0.127. The number of hydrogen-bond acceptors (Lipinski definition) is 4. The summed E-state index contributed by atoms with van der Waals surface area (Å²) in [4.78, 5) is 13.2. The number of benzene rings is 3. The molecule has 2 N–H and O–H groups in total. The Morgan fingerprint density at radius 3 is 2.55 bits per heavy atom. The quantitative estimate of drug-likeness (QED) is 0.292. The molecule has 1 atom stereocenters. The van der Waals surface area contributed by atoms with Crippen molar-refractivity contribution >= 4 is 68.6 Å². The lowest BCUT2D eigenvalue weighted by Gasteiger charge is -2.13. The van der Waals surface area contributed by atoms with Gasteiger partial charge in [-0.3, -0.25) is 4.79 Å². The van der Waals surface area contributed by atoms with Gasteiger partial charge in [0.2, 0.25) is 0 Å². The van der Waals surface area contributed by atoms with Crippen LogP contribution in [0.4, 0.5) is 5.69 Å². The van der Waals surface area contributed by atoms with Gasteiger partial charge in [-0.25, -0.2) is 0 Å². The molecule has 1 aliphatic rings. The molecule has 1 heterocycles. The van der Waals surface area contributed by atoms with Gasteiger partial charge in [-0.2, -0.15) is 0 Å². The van der Waals surface area contributed by atoms with Crippen molar-refractivity contribution in [3.63, 3.8) is 0 Å². The fraction of sp³-hybridized carbons (Fsp3) is 0.160. The highest BCUT2D eigenvalue weighted by Crippen LogP contribution is 2.34. The van der Waals surface area contributed by atoms with Crippen molar-refractivity contribution in [3.05, 3.63) is 96.8 Å². The van der Waals surface area contributed by atoms with E-state index < -0.39 is 0 Å². The van der Waals surface area contributed by atoms with Gasteiger partial charge in [0.15, 0.2) is 5.50 Å². The smallest absolute Gasteiger partial charge is 0.260 e. The van der Waals surface area contributed by atoms with Gasteiger partial charge in [-0.05, 0) is 66.1 Å². The van der Waals surface area contributed by atoms with Crippen molar-refractivity contribution in [2.24, 2.45) is 0 Å². The molecule has 0 saturated carbocycles. The predicted molar refractivity (Wildman–Crippen MR) is 142 cm³/mol. The molecule has 1 amide bonds. The highest BCUT2D eigenvalue weighted by Gasteiger charge is 2.27. The summed E-state index contributed by atoms with van der Waals surface area (Å²) in [5, 5.41) is 7.30. The summed E-state index contributed by atoms with van der Waals surface area (Å²) in [5.41, 5.74) is 3.68. The van der Waals surface area contributed by atoms with Crippen LogP contribution in [0.3, 0.4) is 0 Å². The fourth-order valence-electron chi connectivity index (χ4n) is 3.25. The third-order valence-corrected chi connectivity index (χ3v) is 7.29. The monoisotopic (exact) mass is 562 g/mol. The van der Waals surface area contributed by atoms with Crippen molar-refractivity contribution in [2.75, 3.05) is 5.32 Å². The van der Waals surface area contributed by atoms with E-state index in [4.69, 9.17) is 27.9 Å². The number of carbonyl (C=O) groups excluding carboxylic acids is 1. The molecule has 33 heavy (non-hydrogen) atoms. The first-order valence-corrected chi connectivity index (χ1v) is 12.7. The van der Waals surface area contributed by atoms with Crippen LogP contribution in [0, 0.1) is 0 Å². The van der Waals surface area contributed by atoms with Crippen LogP contribution in [0.25, 0.3) is 6.08 Å². The molecule has 0 aliphatic carbocycles. The average Bonchev–Trinajstić information content (AvgIpc) is 3.14. The topological polar surface area (TPSA) is 50.4 Å². The van der Waals surface area contributed by atoms with Crippen molar-refractivity contribution in [1.82, 2.24) is 5.32 Å². The molecule has 0 radical (unpaired) electrons. The maximum atomic E-state index is 12.6. The van der Waals surface area contributed by atoms with E-state index in [2.05, 4.69) is 45.6 Å². The molecule has 3 aromatic rings. The molecule has 170 valence electrons. The van der Waals surface area contributed by atoms with E-state index in [0.717, 1.165) is 27.7 Å². The average molecular weight is 564 g/mol. The normalized spacial score (nSPS) is 16.7. The predicted octanol–water partition coefficient (Wildman–Crippen LogP) is 7.50. The lowest BCUT2D eigenvalue weighted by Crippen LogP contribution is -2.30. The minimum atomic E-state index is -0.246. The molecular weight excluding hydrogens is 543 g/mol. The molecule has 4 rings (SSSR count). The second kappa shape index (κ2) is 10.9. The molecule has 1 fully saturated rings.